The minimum absolute atomic E-state index is 0.0105. The second kappa shape index (κ2) is 9.99. The molecule has 4 saturated carbocycles. The predicted octanol–water partition coefficient (Wildman–Crippen LogP) is 2.15. The molecule has 7 atom stereocenters. The van der Waals surface area contributed by atoms with E-state index in [1.54, 1.807) is 0 Å². The summed E-state index contributed by atoms with van der Waals surface area (Å²) < 4.78 is 31.1. The molecular weight excluding hydrogens is 544 g/mol. The molecule has 10 nitrogen and oxygen atoms in total. The zero-order valence-corrected chi connectivity index (χ0v) is 24.8. The Hall–Kier alpha value is -2.08. The van der Waals surface area contributed by atoms with Gasteiger partial charge in [0, 0.05) is 62.8 Å². The van der Waals surface area contributed by atoms with Gasteiger partial charge >= 0.3 is 6.03 Å². The molecule has 1 aromatic carbocycles. The van der Waals surface area contributed by atoms with Gasteiger partial charge in [-0.1, -0.05) is 0 Å². The van der Waals surface area contributed by atoms with Crippen molar-refractivity contribution in [3.05, 3.63) is 24.3 Å². The quantitative estimate of drug-likeness (QED) is 0.466. The van der Waals surface area contributed by atoms with Crippen molar-refractivity contribution in [1.29, 1.82) is 0 Å². The van der Waals surface area contributed by atoms with Gasteiger partial charge in [-0.25, -0.2) is 13.2 Å². The molecule has 6 bridgehead atoms. The highest BCUT2D eigenvalue weighted by Gasteiger charge is 2.56. The summed E-state index contributed by atoms with van der Waals surface area (Å²) in [7, 11) is -3.16. The zero-order valence-electron chi connectivity index (χ0n) is 24.0. The molecule has 11 heteroatoms. The molecule has 0 radical (unpaired) electrons. The van der Waals surface area contributed by atoms with Crippen LogP contribution in [0.1, 0.15) is 57.8 Å². The van der Waals surface area contributed by atoms with Gasteiger partial charge in [0.1, 0.15) is 18.0 Å². The lowest BCUT2D eigenvalue weighted by atomic mass is 9.52. The third-order valence-corrected chi connectivity index (χ3v) is 12.3. The normalized spacial score (nSPS) is 40.2. The molecule has 226 valence electrons. The van der Waals surface area contributed by atoms with Crippen molar-refractivity contribution in [3.8, 4) is 5.75 Å². The summed E-state index contributed by atoms with van der Waals surface area (Å²) in [5.41, 5.74) is -0.460. The van der Waals surface area contributed by atoms with Crippen LogP contribution in [0, 0.1) is 17.8 Å². The van der Waals surface area contributed by atoms with E-state index in [1.807, 2.05) is 29.2 Å². The fourth-order valence-electron chi connectivity index (χ4n) is 9.45. The third kappa shape index (κ3) is 5.32. The van der Waals surface area contributed by atoms with Gasteiger partial charge in [-0.2, -0.15) is 4.31 Å². The fourth-order valence-corrected chi connectivity index (χ4v) is 10.3. The average molecular weight is 589 g/mol. The minimum atomic E-state index is -3.16. The van der Waals surface area contributed by atoms with Crippen LogP contribution in [-0.2, 0) is 10.0 Å². The molecular formula is C30H44N4O6S. The number of piperidine rings is 1. The maximum absolute atomic E-state index is 13.6. The Kier molecular flexibility index (Phi) is 6.76. The molecule has 5 unspecified atom stereocenters. The van der Waals surface area contributed by atoms with E-state index in [4.69, 9.17) is 4.74 Å². The molecule has 0 aromatic heterocycles. The number of hydrogen-bond donors (Lipinski definition) is 3. The summed E-state index contributed by atoms with van der Waals surface area (Å²) in [5.74, 6) is 2.06. The van der Waals surface area contributed by atoms with Crippen molar-refractivity contribution in [2.45, 2.75) is 87.1 Å². The second-order valence-electron chi connectivity index (χ2n) is 14.0. The number of hydrogen-bond acceptors (Lipinski definition) is 7. The SMILES string of the molecule is CS(=O)(=O)N1CCN(c2ccc(OCC3(O)CC4CCC(C3)N4C(=O)NC3[C@@H]4CC5C[C@H]3CC(O)(C5)C4)cc2)CC1. The van der Waals surface area contributed by atoms with Crippen molar-refractivity contribution < 1.29 is 28.2 Å². The third-order valence-electron chi connectivity index (χ3n) is 11.0. The van der Waals surface area contributed by atoms with Gasteiger partial charge < -0.3 is 30.1 Å². The molecule has 0 spiro atoms. The van der Waals surface area contributed by atoms with E-state index in [0.717, 1.165) is 50.6 Å². The topological polar surface area (TPSA) is 123 Å². The van der Waals surface area contributed by atoms with E-state index >= 15 is 0 Å². The Balaban J connectivity index is 0.922. The Labute approximate surface area is 243 Å². The van der Waals surface area contributed by atoms with Gasteiger partial charge in [0.25, 0.3) is 0 Å². The number of carbonyl (C=O) groups is 1. The number of urea groups is 1. The molecule has 7 aliphatic rings. The Morgan fingerprint density at radius 2 is 1.56 bits per heavy atom. The van der Waals surface area contributed by atoms with Gasteiger partial charge in [-0.05, 0) is 87.0 Å². The molecule has 8 rings (SSSR count). The minimum Gasteiger partial charge on any atom is -0.491 e. The van der Waals surface area contributed by atoms with E-state index in [2.05, 4.69) is 10.2 Å². The zero-order chi connectivity index (χ0) is 28.6. The number of sulfonamides is 1. The van der Waals surface area contributed by atoms with Crippen LogP contribution in [0.15, 0.2) is 24.3 Å². The van der Waals surface area contributed by atoms with Crippen molar-refractivity contribution in [2.24, 2.45) is 17.8 Å². The maximum atomic E-state index is 13.6. The summed E-state index contributed by atoms with van der Waals surface area (Å²) >= 11 is 0. The number of nitrogens with one attached hydrogen (secondary N) is 1. The first-order chi connectivity index (χ1) is 19.5. The smallest absolute Gasteiger partial charge is 0.318 e. The fraction of sp³-hybridized carbons (Fsp3) is 0.767. The highest BCUT2D eigenvalue weighted by atomic mass is 32.2. The number of aliphatic hydroxyl groups is 2. The molecule has 3 saturated heterocycles. The number of nitrogens with zero attached hydrogens (tertiary/aromatic N) is 3. The summed E-state index contributed by atoms with van der Waals surface area (Å²) in [4.78, 5) is 17.7. The van der Waals surface area contributed by atoms with E-state index in [0.29, 0.717) is 62.5 Å². The predicted molar refractivity (Wildman–Crippen MR) is 154 cm³/mol. The van der Waals surface area contributed by atoms with Crippen LogP contribution in [0.5, 0.6) is 5.75 Å². The van der Waals surface area contributed by atoms with Crippen molar-refractivity contribution in [3.63, 3.8) is 0 Å². The van der Waals surface area contributed by atoms with E-state index in [9.17, 15) is 23.4 Å². The molecule has 7 fully saturated rings. The van der Waals surface area contributed by atoms with Crippen molar-refractivity contribution in [1.82, 2.24) is 14.5 Å². The standard InChI is InChI=1S/C30H44N4O6S/c1-41(38,39)33-10-8-32(9-11-33)23-4-6-26(7-5-23)40-19-30(37)17-24-2-3-25(18-30)34(24)28(35)31-27-21-12-20-13-22(27)16-29(36,14-20)15-21/h4-7,20-22,24-25,27,36-37H,2-3,8-19H2,1H3,(H,31,35)/t20?,21-,22+,24?,25?,27?,29?,30?. The lowest BCUT2D eigenvalue weighted by Gasteiger charge is -2.58. The van der Waals surface area contributed by atoms with Gasteiger partial charge in [-0.3, -0.25) is 0 Å². The first-order valence-electron chi connectivity index (χ1n) is 15.4. The lowest BCUT2D eigenvalue weighted by Crippen LogP contribution is -2.64. The molecule has 1 aromatic rings. The summed E-state index contributed by atoms with van der Waals surface area (Å²) in [5, 5.41) is 25.8. The molecule has 3 aliphatic heterocycles. The van der Waals surface area contributed by atoms with Gasteiger partial charge in [0.05, 0.1) is 11.9 Å². The number of piperazine rings is 1. The molecule has 41 heavy (non-hydrogen) atoms. The van der Waals surface area contributed by atoms with Crippen LogP contribution in [-0.4, -0.2) is 102 Å². The molecule has 2 amide bonds. The van der Waals surface area contributed by atoms with E-state index < -0.39 is 21.2 Å². The van der Waals surface area contributed by atoms with Gasteiger partial charge in [0.2, 0.25) is 10.0 Å². The van der Waals surface area contributed by atoms with Gasteiger partial charge in [-0.15, -0.1) is 0 Å². The van der Waals surface area contributed by atoms with Gasteiger partial charge in [0.15, 0.2) is 0 Å². The summed E-state index contributed by atoms with van der Waals surface area (Å²) in [6.45, 7) is 2.43. The maximum Gasteiger partial charge on any atom is 0.318 e. The van der Waals surface area contributed by atoms with Crippen LogP contribution in [0.4, 0.5) is 10.5 Å². The Morgan fingerprint density at radius 3 is 2.12 bits per heavy atom. The number of anilines is 1. The van der Waals surface area contributed by atoms with Crippen LogP contribution in [0.2, 0.25) is 0 Å². The Bertz CT molecular complexity index is 1240. The Morgan fingerprint density at radius 1 is 0.951 bits per heavy atom. The van der Waals surface area contributed by atoms with E-state index in [1.165, 1.54) is 10.6 Å². The number of amides is 2. The first-order valence-corrected chi connectivity index (χ1v) is 17.3. The highest BCUT2D eigenvalue weighted by Crippen LogP contribution is 2.55. The van der Waals surface area contributed by atoms with Crippen molar-refractivity contribution >= 4 is 21.7 Å². The molecule has 3 N–H and O–H groups in total. The van der Waals surface area contributed by atoms with Crippen LogP contribution in [0.3, 0.4) is 0 Å². The lowest BCUT2D eigenvalue weighted by molar-refractivity contribution is -0.137. The van der Waals surface area contributed by atoms with Crippen molar-refractivity contribution in [2.75, 3.05) is 43.9 Å². The average Bonchev–Trinajstić information content (AvgIpc) is 3.20. The summed E-state index contributed by atoms with van der Waals surface area (Å²) in [6.07, 6.45) is 8.89. The number of rotatable bonds is 6. The second-order valence-corrected chi connectivity index (χ2v) is 16.0. The first kappa shape index (κ1) is 27.7. The highest BCUT2D eigenvalue weighted by molar-refractivity contribution is 7.88. The van der Waals surface area contributed by atoms with Crippen LogP contribution in [0.25, 0.3) is 0 Å². The number of carbonyl (C=O) groups excluding carboxylic acids is 1. The number of benzene rings is 1. The van der Waals surface area contributed by atoms with Crippen LogP contribution >= 0.6 is 0 Å². The number of ether oxygens (including phenoxy) is 1. The van der Waals surface area contributed by atoms with E-state index in [-0.39, 0.29) is 30.8 Å². The molecule has 3 heterocycles. The monoisotopic (exact) mass is 588 g/mol. The molecule has 4 aliphatic carbocycles. The van der Waals surface area contributed by atoms with Crippen LogP contribution < -0.4 is 15.0 Å². The summed E-state index contributed by atoms with van der Waals surface area (Å²) in [6, 6.07) is 7.96. The number of fused-ring (bicyclic) bond motifs is 2. The largest absolute Gasteiger partial charge is 0.491 e.